The number of hydrogen-bond donors (Lipinski definition) is 3. The van der Waals surface area contributed by atoms with E-state index in [1.54, 1.807) is 24.3 Å². The topological polar surface area (TPSA) is 96.0 Å². The van der Waals surface area contributed by atoms with Gasteiger partial charge in [0.15, 0.2) is 0 Å². The molecule has 0 spiro atoms. The summed E-state index contributed by atoms with van der Waals surface area (Å²) >= 11 is 0. The van der Waals surface area contributed by atoms with E-state index in [9.17, 15) is 9.90 Å². The number of carbonyl (C=O) groups is 1. The lowest BCUT2D eigenvalue weighted by Gasteiger charge is -2.33. The Morgan fingerprint density at radius 2 is 1.96 bits per heavy atom. The number of rotatable bonds is 8. The third-order valence-corrected chi connectivity index (χ3v) is 4.39. The van der Waals surface area contributed by atoms with Crippen LogP contribution in [-0.4, -0.2) is 60.0 Å². The zero-order valence-corrected chi connectivity index (χ0v) is 13.4. The van der Waals surface area contributed by atoms with Crippen LogP contribution in [0.4, 0.5) is 0 Å². The molecular weight excluding hydrogens is 296 g/mol. The molecule has 6 nitrogen and oxygen atoms in total. The van der Waals surface area contributed by atoms with Gasteiger partial charge in [0.25, 0.3) is 0 Å². The third kappa shape index (κ3) is 5.49. The van der Waals surface area contributed by atoms with E-state index < -0.39 is 12.0 Å². The first-order valence-electron chi connectivity index (χ1n) is 8.14. The van der Waals surface area contributed by atoms with E-state index in [0.717, 1.165) is 44.6 Å². The van der Waals surface area contributed by atoms with Gasteiger partial charge in [-0.15, -0.1) is 0 Å². The minimum atomic E-state index is -0.580. The average Bonchev–Trinajstić information content (AvgIpc) is 2.59. The van der Waals surface area contributed by atoms with Crippen LogP contribution in [0.15, 0.2) is 24.3 Å². The van der Waals surface area contributed by atoms with E-state index in [-0.39, 0.29) is 12.5 Å². The first-order valence-corrected chi connectivity index (χ1v) is 8.14. The summed E-state index contributed by atoms with van der Waals surface area (Å²) in [5, 5.41) is 18.6. The van der Waals surface area contributed by atoms with Gasteiger partial charge in [-0.3, -0.25) is 4.79 Å². The van der Waals surface area contributed by atoms with Gasteiger partial charge in [0.2, 0.25) is 5.91 Å². The number of amides is 1. The Bertz CT molecular complexity index is 484. The van der Waals surface area contributed by atoms with E-state index in [2.05, 4.69) is 4.90 Å². The Hall–Kier alpha value is -1.63. The second-order valence-electron chi connectivity index (χ2n) is 6.02. The number of ether oxygens (including phenoxy) is 1. The number of aliphatic hydroxyl groups is 2. The fourth-order valence-electron chi connectivity index (χ4n) is 2.90. The molecule has 1 fully saturated rings. The summed E-state index contributed by atoms with van der Waals surface area (Å²) in [5.74, 6) is 0.516. The maximum absolute atomic E-state index is 11.0. The first kappa shape index (κ1) is 17.7. The standard InChI is InChI=1S/C17H26N2O4/c18-17(22)14-2-4-15(5-3-14)23-11-1-8-19-9-6-13(7-10-19)16(21)12-20/h2-5,13,16,20-21H,1,6-12H2,(H2,18,22). The van der Waals surface area contributed by atoms with Crippen molar-refractivity contribution in [3.05, 3.63) is 29.8 Å². The molecule has 1 aliphatic heterocycles. The molecule has 1 amide bonds. The number of aliphatic hydroxyl groups excluding tert-OH is 2. The summed E-state index contributed by atoms with van der Waals surface area (Å²) in [4.78, 5) is 13.3. The fourth-order valence-corrected chi connectivity index (χ4v) is 2.90. The Morgan fingerprint density at radius 3 is 2.52 bits per heavy atom. The summed E-state index contributed by atoms with van der Waals surface area (Å²) in [7, 11) is 0. The van der Waals surface area contributed by atoms with Crippen molar-refractivity contribution in [1.29, 1.82) is 0 Å². The molecule has 23 heavy (non-hydrogen) atoms. The van der Waals surface area contributed by atoms with E-state index in [4.69, 9.17) is 15.6 Å². The largest absolute Gasteiger partial charge is 0.494 e. The summed E-state index contributed by atoms with van der Waals surface area (Å²) < 4.78 is 5.66. The predicted octanol–water partition coefficient (Wildman–Crippen LogP) is 0.620. The second kappa shape index (κ2) is 8.86. The lowest BCUT2D eigenvalue weighted by molar-refractivity contribution is 0.0178. The molecule has 1 heterocycles. The second-order valence-corrected chi connectivity index (χ2v) is 6.02. The van der Waals surface area contributed by atoms with Gasteiger partial charge in [-0.25, -0.2) is 0 Å². The molecule has 0 saturated carbocycles. The van der Waals surface area contributed by atoms with Crippen molar-refractivity contribution >= 4 is 5.91 Å². The van der Waals surface area contributed by atoms with Crippen LogP contribution in [0, 0.1) is 5.92 Å². The van der Waals surface area contributed by atoms with Crippen molar-refractivity contribution < 1.29 is 19.7 Å². The van der Waals surface area contributed by atoms with Crippen LogP contribution in [0.3, 0.4) is 0 Å². The van der Waals surface area contributed by atoms with Crippen LogP contribution in [-0.2, 0) is 0 Å². The predicted molar refractivity (Wildman–Crippen MR) is 87.3 cm³/mol. The first-order chi connectivity index (χ1) is 11.1. The van der Waals surface area contributed by atoms with Crippen molar-refractivity contribution in [2.24, 2.45) is 11.7 Å². The zero-order chi connectivity index (χ0) is 16.7. The monoisotopic (exact) mass is 322 g/mol. The zero-order valence-electron chi connectivity index (χ0n) is 13.4. The van der Waals surface area contributed by atoms with Crippen molar-refractivity contribution in [3.8, 4) is 5.75 Å². The summed E-state index contributed by atoms with van der Waals surface area (Å²) in [6.07, 6.45) is 2.20. The smallest absolute Gasteiger partial charge is 0.248 e. The maximum atomic E-state index is 11.0. The maximum Gasteiger partial charge on any atom is 0.248 e. The molecular formula is C17H26N2O4. The number of likely N-dealkylation sites (tertiary alicyclic amines) is 1. The number of benzene rings is 1. The highest BCUT2D eigenvalue weighted by Crippen LogP contribution is 2.20. The number of nitrogens with two attached hydrogens (primary N) is 1. The molecule has 0 bridgehead atoms. The number of nitrogens with zero attached hydrogens (tertiary/aromatic N) is 1. The Kier molecular flexibility index (Phi) is 6.83. The number of carbonyl (C=O) groups excluding carboxylic acids is 1. The molecule has 1 saturated heterocycles. The average molecular weight is 322 g/mol. The van der Waals surface area contributed by atoms with Gasteiger partial charge in [0.05, 0.1) is 19.3 Å². The van der Waals surface area contributed by atoms with Crippen LogP contribution in [0.2, 0.25) is 0 Å². The molecule has 128 valence electrons. The molecule has 2 rings (SSSR count). The van der Waals surface area contributed by atoms with E-state index in [1.807, 2.05) is 0 Å². The highest BCUT2D eigenvalue weighted by atomic mass is 16.5. The van der Waals surface area contributed by atoms with Crippen LogP contribution in [0.1, 0.15) is 29.6 Å². The van der Waals surface area contributed by atoms with E-state index >= 15 is 0 Å². The van der Waals surface area contributed by atoms with Crippen molar-refractivity contribution in [2.75, 3.05) is 32.8 Å². The summed E-state index contributed by atoms with van der Waals surface area (Å²) in [6.45, 7) is 3.34. The lowest BCUT2D eigenvalue weighted by atomic mass is 9.91. The molecule has 1 unspecified atom stereocenters. The Labute approximate surface area is 136 Å². The van der Waals surface area contributed by atoms with Gasteiger partial charge in [-0.05, 0) is 62.5 Å². The molecule has 4 N–H and O–H groups in total. The van der Waals surface area contributed by atoms with Gasteiger partial charge >= 0.3 is 0 Å². The van der Waals surface area contributed by atoms with Gasteiger partial charge in [-0.1, -0.05) is 0 Å². The molecule has 0 radical (unpaired) electrons. The number of hydrogen-bond acceptors (Lipinski definition) is 5. The Morgan fingerprint density at radius 1 is 1.30 bits per heavy atom. The minimum Gasteiger partial charge on any atom is -0.494 e. The van der Waals surface area contributed by atoms with Crippen LogP contribution in [0.25, 0.3) is 0 Å². The van der Waals surface area contributed by atoms with Crippen LogP contribution < -0.4 is 10.5 Å². The fraction of sp³-hybridized carbons (Fsp3) is 0.588. The van der Waals surface area contributed by atoms with Gasteiger partial charge < -0.3 is 25.6 Å². The van der Waals surface area contributed by atoms with Gasteiger partial charge in [-0.2, -0.15) is 0 Å². The van der Waals surface area contributed by atoms with Crippen molar-refractivity contribution in [1.82, 2.24) is 4.90 Å². The molecule has 1 aliphatic rings. The summed E-state index contributed by atoms with van der Waals surface area (Å²) in [6, 6.07) is 6.83. The van der Waals surface area contributed by atoms with Crippen molar-refractivity contribution in [2.45, 2.75) is 25.4 Å². The van der Waals surface area contributed by atoms with Crippen LogP contribution in [0.5, 0.6) is 5.75 Å². The number of piperidine rings is 1. The van der Waals surface area contributed by atoms with Crippen molar-refractivity contribution in [3.63, 3.8) is 0 Å². The number of primary amides is 1. The van der Waals surface area contributed by atoms with E-state index in [0.29, 0.717) is 12.2 Å². The van der Waals surface area contributed by atoms with Gasteiger partial charge in [0, 0.05) is 12.1 Å². The normalized spacial score (nSPS) is 17.8. The Balaban J connectivity index is 1.62. The third-order valence-electron chi connectivity index (χ3n) is 4.39. The molecule has 1 aromatic rings. The van der Waals surface area contributed by atoms with E-state index in [1.165, 1.54) is 0 Å². The molecule has 1 aromatic carbocycles. The van der Waals surface area contributed by atoms with Crippen LogP contribution >= 0.6 is 0 Å². The molecule has 1 atom stereocenters. The van der Waals surface area contributed by atoms with Gasteiger partial charge in [0.1, 0.15) is 5.75 Å². The highest BCUT2D eigenvalue weighted by Gasteiger charge is 2.24. The minimum absolute atomic E-state index is 0.146. The SMILES string of the molecule is NC(=O)c1ccc(OCCCN2CCC(C(O)CO)CC2)cc1. The highest BCUT2D eigenvalue weighted by molar-refractivity contribution is 5.92. The molecule has 0 aliphatic carbocycles. The quantitative estimate of drug-likeness (QED) is 0.610. The molecule has 0 aromatic heterocycles. The summed E-state index contributed by atoms with van der Waals surface area (Å²) in [5.41, 5.74) is 5.67. The lowest BCUT2D eigenvalue weighted by Crippen LogP contribution is -2.39. The molecule has 6 heteroatoms.